The number of aryl methyl sites for hydroxylation is 1. The molecular weight excluding hydrogens is 376 g/mol. The van der Waals surface area contributed by atoms with E-state index in [0.29, 0.717) is 13.2 Å². The number of unbranched alkanes of at least 4 members (excludes halogenated alkanes) is 1. The summed E-state index contributed by atoms with van der Waals surface area (Å²) in [5.74, 6) is 3.33. The van der Waals surface area contributed by atoms with Crippen molar-refractivity contribution in [3.05, 3.63) is 84.7 Å². The lowest BCUT2D eigenvalue weighted by Gasteiger charge is -2.12. The van der Waals surface area contributed by atoms with E-state index in [4.69, 9.17) is 19.2 Å². The van der Waals surface area contributed by atoms with Gasteiger partial charge in [-0.25, -0.2) is 4.98 Å². The van der Waals surface area contributed by atoms with Crippen LogP contribution in [0.15, 0.2) is 78.9 Å². The summed E-state index contributed by atoms with van der Waals surface area (Å²) < 4.78 is 19.4. The Morgan fingerprint density at radius 3 is 2.33 bits per heavy atom. The molecule has 0 saturated carbocycles. The number of benzene rings is 3. The summed E-state index contributed by atoms with van der Waals surface area (Å²) in [7, 11) is 1.66. The normalized spacial score (nSPS) is 10.8. The Morgan fingerprint density at radius 1 is 0.767 bits per heavy atom. The first-order chi connectivity index (χ1) is 14.8. The molecule has 3 aromatic carbocycles. The first kappa shape index (κ1) is 19.8. The number of hydrogen-bond donors (Lipinski definition) is 0. The van der Waals surface area contributed by atoms with Crippen LogP contribution in [0.5, 0.6) is 17.2 Å². The second-order valence-corrected chi connectivity index (χ2v) is 6.98. The fourth-order valence-corrected chi connectivity index (χ4v) is 3.44. The predicted octanol–water partition coefficient (Wildman–Crippen LogP) is 5.48. The number of fused-ring (bicyclic) bond motifs is 1. The predicted molar refractivity (Wildman–Crippen MR) is 118 cm³/mol. The summed E-state index contributed by atoms with van der Waals surface area (Å²) in [6.45, 7) is 1.95. The topological polar surface area (TPSA) is 45.5 Å². The SMILES string of the molecule is COc1ccccc1OCCCCn1c(COc2ccccc2)nc2ccccc21. The number of hydrogen-bond acceptors (Lipinski definition) is 4. The van der Waals surface area contributed by atoms with Crippen LogP contribution >= 0.6 is 0 Å². The van der Waals surface area contributed by atoms with Gasteiger partial charge >= 0.3 is 0 Å². The van der Waals surface area contributed by atoms with Crippen LogP contribution in [0.2, 0.25) is 0 Å². The highest BCUT2D eigenvalue weighted by Crippen LogP contribution is 2.26. The fourth-order valence-electron chi connectivity index (χ4n) is 3.44. The second-order valence-electron chi connectivity index (χ2n) is 6.98. The summed E-state index contributed by atoms with van der Waals surface area (Å²) >= 11 is 0. The van der Waals surface area contributed by atoms with Gasteiger partial charge in [0.1, 0.15) is 18.2 Å². The van der Waals surface area contributed by atoms with E-state index in [1.807, 2.05) is 72.8 Å². The lowest BCUT2D eigenvalue weighted by Crippen LogP contribution is -2.09. The maximum atomic E-state index is 5.95. The molecule has 0 aliphatic heterocycles. The van der Waals surface area contributed by atoms with Crippen LogP contribution in [0, 0.1) is 0 Å². The van der Waals surface area contributed by atoms with Crippen molar-refractivity contribution >= 4 is 11.0 Å². The summed E-state index contributed by atoms with van der Waals surface area (Å²) in [4.78, 5) is 4.79. The van der Waals surface area contributed by atoms with Gasteiger partial charge in [-0.1, -0.05) is 42.5 Å². The van der Waals surface area contributed by atoms with Gasteiger partial charge in [-0.2, -0.15) is 0 Å². The smallest absolute Gasteiger partial charge is 0.161 e. The number of imidazole rings is 1. The molecule has 4 aromatic rings. The molecule has 5 heteroatoms. The molecule has 5 nitrogen and oxygen atoms in total. The molecule has 30 heavy (non-hydrogen) atoms. The highest BCUT2D eigenvalue weighted by molar-refractivity contribution is 5.75. The Morgan fingerprint density at radius 2 is 1.50 bits per heavy atom. The van der Waals surface area contributed by atoms with Gasteiger partial charge in [-0.3, -0.25) is 0 Å². The highest BCUT2D eigenvalue weighted by Gasteiger charge is 2.11. The van der Waals surface area contributed by atoms with E-state index in [2.05, 4.69) is 10.6 Å². The number of methoxy groups -OCH3 is 1. The average Bonchev–Trinajstić information content (AvgIpc) is 3.16. The molecule has 0 saturated heterocycles. The van der Waals surface area contributed by atoms with E-state index < -0.39 is 0 Å². The van der Waals surface area contributed by atoms with Crippen molar-refractivity contribution in [2.24, 2.45) is 0 Å². The van der Waals surface area contributed by atoms with E-state index in [9.17, 15) is 0 Å². The molecule has 0 unspecified atom stereocenters. The van der Waals surface area contributed by atoms with E-state index in [1.165, 1.54) is 0 Å². The molecule has 1 heterocycles. The van der Waals surface area contributed by atoms with Crippen molar-refractivity contribution in [1.29, 1.82) is 0 Å². The monoisotopic (exact) mass is 402 g/mol. The Bertz CT molecular complexity index is 1080. The minimum absolute atomic E-state index is 0.441. The van der Waals surface area contributed by atoms with Gasteiger partial charge in [0.05, 0.1) is 24.8 Å². The van der Waals surface area contributed by atoms with Crippen molar-refractivity contribution in [1.82, 2.24) is 9.55 Å². The lowest BCUT2D eigenvalue weighted by atomic mass is 10.3. The fraction of sp³-hybridized carbons (Fsp3) is 0.240. The van der Waals surface area contributed by atoms with Crippen LogP contribution in [0.4, 0.5) is 0 Å². The van der Waals surface area contributed by atoms with E-state index >= 15 is 0 Å². The van der Waals surface area contributed by atoms with Crippen LogP contribution in [0.3, 0.4) is 0 Å². The van der Waals surface area contributed by atoms with Crippen molar-refractivity contribution in [3.63, 3.8) is 0 Å². The van der Waals surface area contributed by atoms with Crippen molar-refractivity contribution in [2.75, 3.05) is 13.7 Å². The van der Waals surface area contributed by atoms with Crippen LogP contribution in [0.1, 0.15) is 18.7 Å². The van der Waals surface area contributed by atoms with Gasteiger partial charge in [0.2, 0.25) is 0 Å². The molecular formula is C25H26N2O3. The Balaban J connectivity index is 1.37. The van der Waals surface area contributed by atoms with Gasteiger partial charge in [0.25, 0.3) is 0 Å². The Labute approximate surface area is 176 Å². The molecule has 0 radical (unpaired) electrons. The number of rotatable bonds is 10. The molecule has 4 rings (SSSR count). The quantitative estimate of drug-likeness (QED) is 0.329. The highest BCUT2D eigenvalue weighted by atomic mass is 16.5. The third-order valence-corrected chi connectivity index (χ3v) is 4.95. The minimum atomic E-state index is 0.441. The van der Waals surface area contributed by atoms with Gasteiger partial charge in [0, 0.05) is 6.54 Å². The Hall–Kier alpha value is -3.47. The zero-order valence-electron chi connectivity index (χ0n) is 17.2. The first-order valence-electron chi connectivity index (χ1n) is 10.2. The van der Waals surface area contributed by atoms with Crippen molar-refractivity contribution in [2.45, 2.75) is 26.0 Å². The molecule has 0 bridgehead atoms. The lowest BCUT2D eigenvalue weighted by molar-refractivity contribution is 0.278. The van der Waals surface area contributed by atoms with Gasteiger partial charge < -0.3 is 18.8 Å². The van der Waals surface area contributed by atoms with Crippen LogP contribution in [0.25, 0.3) is 11.0 Å². The zero-order chi connectivity index (χ0) is 20.6. The van der Waals surface area contributed by atoms with Crippen molar-refractivity contribution in [3.8, 4) is 17.2 Å². The molecule has 0 N–H and O–H groups in total. The number of nitrogens with zero attached hydrogens (tertiary/aromatic N) is 2. The standard InChI is InChI=1S/C25H26N2O3/c1-28-23-15-7-8-16-24(23)29-18-10-9-17-27-22-14-6-5-13-21(22)26-25(27)19-30-20-11-3-2-4-12-20/h2-8,11-16H,9-10,17-19H2,1H3. The maximum absolute atomic E-state index is 5.95. The molecule has 1 aromatic heterocycles. The van der Waals surface area contributed by atoms with Crippen LogP contribution < -0.4 is 14.2 Å². The number of ether oxygens (including phenoxy) is 3. The molecule has 0 fully saturated rings. The third kappa shape index (κ3) is 4.74. The summed E-state index contributed by atoms with van der Waals surface area (Å²) in [6, 6.07) is 25.8. The summed E-state index contributed by atoms with van der Waals surface area (Å²) in [6.07, 6.45) is 1.91. The van der Waals surface area contributed by atoms with E-state index in [1.54, 1.807) is 7.11 Å². The first-order valence-corrected chi connectivity index (χ1v) is 10.2. The van der Waals surface area contributed by atoms with Gasteiger partial charge in [-0.15, -0.1) is 0 Å². The van der Waals surface area contributed by atoms with Gasteiger partial charge in [0.15, 0.2) is 11.5 Å². The number of para-hydroxylation sites is 5. The zero-order valence-corrected chi connectivity index (χ0v) is 17.2. The van der Waals surface area contributed by atoms with Gasteiger partial charge in [-0.05, 0) is 49.2 Å². The Kier molecular flexibility index (Phi) is 6.50. The molecule has 0 spiro atoms. The summed E-state index contributed by atoms with van der Waals surface area (Å²) in [5.41, 5.74) is 2.13. The molecule has 154 valence electrons. The molecule has 0 aliphatic carbocycles. The molecule has 0 aliphatic rings. The maximum Gasteiger partial charge on any atom is 0.161 e. The second kappa shape index (κ2) is 9.83. The van der Waals surface area contributed by atoms with Crippen molar-refractivity contribution < 1.29 is 14.2 Å². The third-order valence-electron chi connectivity index (χ3n) is 4.95. The van der Waals surface area contributed by atoms with E-state index in [-0.39, 0.29) is 0 Å². The van der Waals surface area contributed by atoms with Crippen LogP contribution in [-0.4, -0.2) is 23.3 Å². The molecule has 0 amide bonds. The van der Waals surface area contributed by atoms with Crippen LogP contribution in [-0.2, 0) is 13.2 Å². The largest absolute Gasteiger partial charge is 0.493 e. The molecule has 0 atom stereocenters. The number of aromatic nitrogens is 2. The van der Waals surface area contributed by atoms with E-state index in [0.717, 1.165) is 53.5 Å². The average molecular weight is 402 g/mol. The summed E-state index contributed by atoms with van der Waals surface area (Å²) in [5, 5.41) is 0. The minimum Gasteiger partial charge on any atom is -0.493 e.